The number of ether oxygens (including phenoxy) is 4. The fourth-order valence-corrected chi connectivity index (χ4v) is 7.57. The van der Waals surface area contributed by atoms with Gasteiger partial charge in [-0.1, -0.05) is 6.07 Å². The van der Waals surface area contributed by atoms with Crippen molar-refractivity contribution >= 4 is 51.5 Å². The van der Waals surface area contributed by atoms with Gasteiger partial charge in [-0.3, -0.25) is 29.4 Å². The molecule has 7 rings (SSSR count). The first-order valence-corrected chi connectivity index (χ1v) is 19.4. The summed E-state index contributed by atoms with van der Waals surface area (Å²) in [5.74, 6) is 0.360. The van der Waals surface area contributed by atoms with Gasteiger partial charge in [0.25, 0.3) is 5.91 Å². The topological polar surface area (TPSA) is 162 Å². The van der Waals surface area contributed by atoms with Gasteiger partial charge < -0.3 is 23.8 Å². The lowest BCUT2D eigenvalue weighted by Gasteiger charge is -2.28. The molecule has 2 aliphatic heterocycles. The molecule has 0 bridgehead atoms. The predicted octanol–water partition coefficient (Wildman–Crippen LogP) is 5.22. The highest BCUT2D eigenvalue weighted by molar-refractivity contribution is 7.21. The van der Waals surface area contributed by atoms with Crippen LogP contribution in [-0.4, -0.2) is 103 Å². The number of aryl methyl sites for hydroxylation is 1. The van der Waals surface area contributed by atoms with Crippen molar-refractivity contribution in [3.8, 4) is 33.3 Å². The summed E-state index contributed by atoms with van der Waals surface area (Å²) in [4.78, 5) is 65.5. The van der Waals surface area contributed by atoms with Crippen LogP contribution in [0.1, 0.15) is 41.6 Å². The maximum Gasteiger partial charge on any atom is 0.261 e. The van der Waals surface area contributed by atoms with Crippen LogP contribution in [0.15, 0.2) is 73.1 Å². The Morgan fingerprint density at radius 1 is 0.875 bits per heavy atom. The highest BCUT2D eigenvalue weighted by Gasteiger charge is 2.35. The number of benzene rings is 2. The molecule has 1 unspecified atom stereocenters. The van der Waals surface area contributed by atoms with Crippen molar-refractivity contribution in [2.45, 2.75) is 38.6 Å². The van der Waals surface area contributed by atoms with Crippen molar-refractivity contribution in [3.63, 3.8) is 0 Å². The van der Waals surface area contributed by atoms with Crippen molar-refractivity contribution < 1.29 is 38.1 Å². The van der Waals surface area contributed by atoms with E-state index in [1.54, 1.807) is 42.7 Å². The summed E-state index contributed by atoms with van der Waals surface area (Å²) in [5, 5.41) is 3.12. The van der Waals surface area contributed by atoms with E-state index in [4.69, 9.17) is 28.9 Å². The van der Waals surface area contributed by atoms with Crippen LogP contribution >= 0.6 is 11.3 Å². The number of anilines is 1. The summed E-state index contributed by atoms with van der Waals surface area (Å²) >= 11 is 1.66. The lowest BCUT2D eigenvalue weighted by atomic mass is 10.0. The van der Waals surface area contributed by atoms with Gasteiger partial charge in [-0.25, -0.2) is 15.0 Å². The minimum absolute atomic E-state index is 0.0548. The number of carbonyl (C=O) groups excluding carboxylic acids is 4. The number of amides is 4. The molecule has 2 saturated heterocycles. The summed E-state index contributed by atoms with van der Waals surface area (Å²) in [6.45, 7) is 5.93. The zero-order chi connectivity index (χ0) is 38.9. The maximum atomic E-state index is 13.0. The third kappa shape index (κ3) is 9.36. The Bertz CT molecular complexity index is 2170. The van der Waals surface area contributed by atoms with Gasteiger partial charge >= 0.3 is 0 Å². The molecular formula is C41H42N6O8S. The first-order chi connectivity index (χ1) is 27.4. The van der Waals surface area contributed by atoms with Gasteiger partial charge in [0.15, 0.2) is 0 Å². The van der Waals surface area contributed by atoms with Crippen LogP contribution in [-0.2, 0) is 23.9 Å². The van der Waals surface area contributed by atoms with E-state index in [2.05, 4.69) is 39.5 Å². The third-order valence-corrected chi connectivity index (χ3v) is 10.6. The average molecular weight is 779 g/mol. The van der Waals surface area contributed by atoms with Gasteiger partial charge in [-0.2, -0.15) is 0 Å². The molecule has 56 heavy (non-hydrogen) atoms. The van der Waals surface area contributed by atoms with E-state index in [1.807, 2.05) is 24.4 Å². The van der Waals surface area contributed by atoms with Crippen LogP contribution in [0, 0.1) is 6.92 Å². The van der Waals surface area contributed by atoms with E-state index in [1.165, 1.54) is 12.8 Å². The molecule has 15 heteroatoms. The molecule has 2 aliphatic rings. The zero-order valence-electron chi connectivity index (χ0n) is 31.0. The van der Waals surface area contributed by atoms with Crippen LogP contribution in [0.3, 0.4) is 0 Å². The standard InChI is InChI=1S/C41H42N6O8S/c1-27-22-31(7-8-32(27)41(51)47(26-48)34-10-12-37(49)45-39(34)50)54-20-18-52-16-17-53-19-21-55-38-13-6-29(24-43-38)28-4-9-33-35(23-28)56-40(44-33)30-5-11-36(42-25-30)46-14-2-3-15-46/h4-9,11,13,22-26,34H,2-3,10,12,14-21H2,1H3,(H,45,49,50). The Labute approximate surface area is 327 Å². The average Bonchev–Trinajstić information content (AvgIpc) is 3.91. The summed E-state index contributed by atoms with van der Waals surface area (Å²) in [7, 11) is 0. The van der Waals surface area contributed by atoms with Crippen molar-refractivity contribution in [1.82, 2.24) is 25.2 Å². The van der Waals surface area contributed by atoms with E-state index in [-0.39, 0.29) is 25.0 Å². The Kier molecular flexibility index (Phi) is 12.5. The second-order valence-electron chi connectivity index (χ2n) is 13.4. The second kappa shape index (κ2) is 18.2. The number of hydrogen-bond donors (Lipinski definition) is 1. The Morgan fingerprint density at radius 2 is 1.61 bits per heavy atom. The number of rotatable bonds is 17. The normalized spacial score (nSPS) is 15.5. The fourth-order valence-electron chi connectivity index (χ4n) is 6.57. The quantitative estimate of drug-likeness (QED) is 0.0745. The molecule has 1 N–H and O–H groups in total. The number of pyridine rings is 2. The largest absolute Gasteiger partial charge is 0.491 e. The van der Waals surface area contributed by atoms with Crippen molar-refractivity contribution in [3.05, 3.63) is 84.2 Å². The number of nitrogens with one attached hydrogen (secondary N) is 1. The van der Waals surface area contributed by atoms with Gasteiger partial charge in [0, 0.05) is 54.7 Å². The number of thiazole rings is 1. The molecule has 1 atom stereocenters. The smallest absolute Gasteiger partial charge is 0.261 e. The van der Waals surface area contributed by atoms with Crippen molar-refractivity contribution in [2.24, 2.45) is 0 Å². The molecule has 14 nitrogen and oxygen atoms in total. The molecule has 0 aliphatic carbocycles. The molecule has 0 spiro atoms. The molecular weight excluding hydrogens is 737 g/mol. The molecule has 0 radical (unpaired) electrons. The Balaban J connectivity index is 0.778. The molecule has 290 valence electrons. The lowest BCUT2D eigenvalue weighted by molar-refractivity contribution is -0.139. The molecule has 5 aromatic rings. The molecule has 2 aromatic carbocycles. The number of carbonyl (C=O) groups is 4. The molecule has 0 saturated carbocycles. The number of aromatic nitrogens is 3. The van der Waals surface area contributed by atoms with Crippen LogP contribution < -0.4 is 19.7 Å². The Hall–Kier alpha value is -5.77. The number of hydrogen-bond acceptors (Lipinski definition) is 13. The van der Waals surface area contributed by atoms with Crippen molar-refractivity contribution in [2.75, 3.05) is 57.6 Å². The molecule has 3 aromatic heterocycles. The SMILES string of the molecule is Cc1cc(OCCOCCOCCOc2ccc(-c3ccc4nc(-c5ccc(N6CCCC6)nc5)sc4c3)cn2)ccc1C(=O)N(C=O)C1CCC(=O)NC1=O. The summed E-state index contributed by atoms with van der Waals surface area (Å²) < 4.78 is 23.8. The second-order valence-corrected chi connectivity index (χ2v) is 14.4. The van der Waals surface area contributed by atoms with E-state index in [0.717, 1.165) is 55.7 Å². The van der Waals surface area contributed by atoms with Crippen LogP contribution in [0.5, 0.6) is 11.6 Å². The number of imide groups is 2. The number of fused-ring (bicyclic) bond motifs is 1. The van der Waals surface area contributed by atoms with E-state index < -0.39 is 23.8 Å². The van der Waals surface area contributed by atoms with Gasteiger partial charge in [-0.05, 0) is 85.8 Å². The zero-order valence-corrected chi connectivity index (χ0v) is 31.8. The molecule has 4 amide bonds. The number of piperidine rings is 1. The van der Waals surface area contributed by atoms with Gasteiger partial charge in [0.1, 0.15) is 35.8 Å². The van der Waals surface area contributed by atoms with Crippen molar-refractivity contribution in [1.29, 1.82) is 0 Å². The van der Waals surface area contributed by atoms with Crippen LogP contribution in [0.2, 0.25) is 0 Å². The van der Waals surface area contributed by atoms with Crippen LogP contribution in [0.25, 0.3) is 31.9 Å². The van der Waals surface area contributed by atoms with E-state index in [9.17, 15) is 19.2 Å². The summed E-state index contributed by atoms with van der Waals surface area (Å²) in [6, 6.07) is 18.1. The van der Waals surface area contributed by atoms with Gasteiger partial charge in [0.05, 0.1) is 36.6 Å². The third-order valence-electron chi connectivity index (χ3n) is 9.55. The molecule has 5 heterocycles. The Morgan fingerprint density at radius 3 is 2.30 bits per heavy atom. The van der Waals surface area contributed by atoms with Gasteiger partial charge in [-0.15, -0.1) is 11.3 Å². The fraction of sp³-hybridized carbons (Fsp3) is 0.341. The number of nitrogens with zero attached hydrogens (tertiary/aromatic N) is 5. The van der Waals surface area contributed by atoms with E-state index >= 15 is 0 Å². The van der Waals surface area contributed by atoms with E-state index in [0.29, 0.717) is 56.6 Å². The maximum absolute atomic E-state index is 13.0. The predicted molar refractivity (Wildman–Crippen MR) is 210 cm³/mol. The highest BCUT2D eigenvalue weighted by Crippen LogP contribution is 2.34. The highest BCUT2D eigenvalue weighted by atomic mass is 32.1. The summed E-state index contributed by atoms with van der Waals surface area (Å²) in [5.41, 5.74) is 4.85. The monoisotopic (exact) mass is 778 g/mol. The first-order valence-electron chi connectivity index (χ1n) is 18.6. The van der Waals surface area contributed by atoms with Crippen LogP contribution in [0.4, 0.5) is 5.82 Å². The van der Waals surface area contributed by atoms with Gasteiger partial charge in [0.2, 0.25) is 24.1 Å². The minimum Gasteiger partial charge on any atom is -0.491 e. The first kappa shape index (κ1) is 38.5. The lowest BCUT2D eigenvalue weighted by Crippen LogP contribution is -2.53. The minimum atomic E-state index is -1.03. The summed E-state index contributed by atoms with van der Waals surface area (Å²) in [6.07, 6.45) is 6.64. The molecule has 2 fully saturated rings.